The van der Waals surface area contributed by atoms with Crippen LogP contribution in [0.4, 0.5) is 0 Å². The molecular formula is C9H17NO2. The van der Waals surface area contributed by atoms with E-state index in [1.54, 1.807) is 0 Å². The molecule has 0 fully saturated rings. The molecule has 0 spiro atoms. The molecule has 1 unspecified atom stereocenters. The minimum atomic E-state index is -0.924. The van der Waals surface area contributed by atoms with Gasteiger partial charge < -0.3 is 10.4 Å². The fourth-order valence-corrected chi connectivity index (χ4v) is 0.689. The first kappa shape index (κ1) is 11.2. The Morgan fingerprint density at radius 3 is 2.67 bits per heavy atom. The van der Waals surface area contributed by atoms with Gasteiger partial charge in [0.2, 0.25) is 0 Å². The summed E-state index contributed by atoms with van der Waals surface area (Å²) in [6.45, 7) is 8.87. The van der Waals surface area contributed by atoms with Crippen LogP contribution in [0.1, 0.15) is 20.3 Å². The second-order valence-electron chi connectivity index (χ2n) is 3.05. The predicted octanol–water partition coefficient (Wildman–Crippen LogP) is 1.26. The fourth-order valence-electron chi connectivity index (χ4n) is 0.689. The molecular weight excluding hydrogens is 154 g/mol. The Labute approximate surface area is 73.5 Å². The maximum Gasteiger partial charge on any atom is 0.332 e. The van der Waals surface area contributed by atoms with Gasteiger partial charge in [0, 0.05) is 12.1 Å². The van der Waals surface area contributed by atoms with Crippen LogP contribution in [0, 0.1) is 5.92 Å². The van der Waals surface area contributed by atoms with E-state index < -0.39 is 5.97 Å². The topological polar surface area (TPSA) is 49.3 Å². The summed E-state index contributed by atoms with van der Waals surface area (Å²) in [7, 11) is 0. The van der Waals surface area contributed by atoms with E-state index in [0.717, 1.165) is 13.0 Å². The van der Waals surface area contributed by atoms with Gasteiger partial charge in [0.05, 0.1) is 0 Å². The number of aliphatic carboxylic acids is 1. The van der Waals surface area contributed by atoms with Gasteiger partial charge in [0.1, 0.15) is 0 Å². The van der Waals surface area contributed by atoms with Gasteiger partial charge >= 0.3 is 5.97 Å². The van der Waals surface area contributed by atoms with Crippen molar-refractivity contribution in [3.8, 4) is 0 Å². The molecule has 2 N–H and O–H groups in total. The lowest BCUT2D eigenvalue weighted by molar-refractivity contribution is -0.132. The van der Waals surface area contributed by atoms with Gasteiger partial charge in [-0.15, -0.1) is 0 Å². The molecule has 0 heterocycles. The van der Waals surface area contributed by atoms with E-state index in [-0.39, 0.29) is 5.57 Å². The molecule has 0 aliphatic carbocycles. The molecule has 1 atom stereocenters. The molecule has 0 rings (SSSR count). The van der Waals surface area contributed by atoms with Gasteiger partial charge in [-0.25, -0.2) is 4.79 Å². The van der Waals surface area contributed by atoms with Crippen LogP contribution in [0.5, 0.6) is 0 Å². The van der Waals surface area contributed by atoms with Crippen molar-refractivity contribution < 1.29 is 9.90 Å². The number of hydrogen-bond donors (Lipinski definition) is 2. The standard InChI is InChI=1S/C9H17NO2/c1-4-7(2)5-10-6-8(3)9(11)12/h7,10H,3-6H2,1-2H3,(H,11,12). The molecule has 0 bridgehead atoms. The van der Waals surface area contributed by atoms with Gasteiger partial charge in [-0.2, -0.15) is 0 Å². The van der Waals surface area contributed by atoms with Crippen molar-refractivity contribution in [3.05, 3.63) is 12.2 Å². The third kappa shape index (κ3) is 4.91. The van der Waals surface area contributed by atoms with Crippen molar-refractivity contribution in [2.24, 2.45) is 5.92 Å². The number of carbonyl (C=O) groups is 1. The Hall–Kier alpha value is -0.830. The molecule has 0 saturated carbocycles. The van der Waals surface area contributed by atoms with Crippen molar-refractivity contribution >= 4 is 5.97 Å². The lowest BCUT2D eigenvalue weighted by Gasteiger charge is -2.09. The molecule has 0 radical (unpaired) electrons. The Balaban J connectivity index is 3.44. The van der Waals surface area contributed by atoms with E-state index in [1.165, 1.54) is 0 Å². The second-order valence-corrected chi connectivity index (χ2v) is 3.05. The lowest BCUT2D eigenvalue weighted by atomic mass is 10.1. The smallest absolute Gasteiger partial charge is 0.332 e. The van der Waals surface area contributed by atoms with E-state index in [9.17, 15) is 4.79 Å². The van der Waals surface area contributed by atoms with Gasteiger partial charge in [0.25, 0.3) is 0 Å². The van der Waals surface area contributed by atoms with Crippen LogP contribution in [-0.4, -0.2) is 24.2 Å². The second kappa shape index (κ2) is 5.77. The average Bonchev–Trinajstić information content (AvgIpc) is 2.03. The Kier molecular flexibility index (Phi) is 5.37. The van der Waals surface area contributed by atoms with Crippen LogP contribution in [0.15, 0.2) is 12.2 Å². The highest BCUT2D eigenvalue weighted by atomic mass is 16.4. The van der Waals surface area contributed by atoms with E-state index in [1.807, 2.05) is 0 Å². The normalized spacial score (nSPS) is 12.5. The van der Waals surface area contributed by atoms with E-state index in [4.69, 9.17) is 5.11 Å². The molecule has 3 heteroatoms. The van der Waals surface area contributed by atoms with Crippen molar-refractivity contribution in [3.63, 3.8) is 0 Å². The Morgan fingerprint density at radius 2 is 2.25 bits per heavy atom. The van der Waals surface area contributed by atoms with Crippen molar-refractivity contribution in [1.29, 1.82) is 0 Å². The largest absolute Gasteiger partial charge is 0.478 e. The van der Waals surface area contributed by atoms with Crippen LogP contribution in [-0.2, 0) is 4.79 Å². The summed E-state index contributed by atoms with van der Waals surface area (Å²) in [6.07, 6.45) is 1.10. The summed E-state index contributed by atoms with van der Waals surface area (Å²) < 4.78 is 0. The zero-order valence-corrected chi connectivity index (χ0v) is 7.76. The average molecular weight is 171 g/mol. The number of rotatable bonds is 6. The Bertz CT molecular complexity index is 166. The molecule has 0 saturated heterocycles. The monoisotopic (exact) mass is 171 g/mol. The molecule has 0 aromatic heterocycles. The zero-order chi connectivity index (χ0) is 9.56. The van der Waals surface area contributed by atoms with E-state index >= 15 is 0 Å². The fraction of sp³-hybridized carbons (Fsp3) is 0.667. The number of nitrogens with one attached hydrogen (secondary N) is 1. The van der Waals surface area contributed by atoms with Gasteiger partial charge in [-0.05, 0) is 12.5 Å². The quantitative estimate of drug-likeness (QED) is 0.591. The van der Waals surface area contributed by atoms with Gasteiger partial charge in [-0.3, -0.25) is 0 Å². The highest BCUT2D eigenvalue weighted by molar-refractivity contribution is 5.86. The van der Waals surface area contributed by atoms with Crippen LogP contribution >= 0.6 is 0 Å². The van der Waals surface area contributed by atoms with Gasteiger partial charge in [-0.1, -0.05) is 26.8 Å². The molecule has 0 aromatic rings. The molecule has 0 aliphatic heterocycles. The first-order valence-corrected chi connectivity index (χ1v) is 4.19. The zero-order valence-electron chi connectivity index (χ0n) is 7.76. The van der Waals surface area contributed by atoms with Crippen molar-refractivity contribution in [2.75, 3.05) is 13.1 Å². The number of hydrogen-bond acceptors (Lipinski definition) is 2. The highest BCUT2D eigenvalue weighted by Gasteiger charge is 2.03. The molecule has 70 valence electrons. The van der Waals surface area contributed by atoms with Crippen LogP contribution in [0.3, 0.4) is 0 Å². The minimum absolute atomic E-state index is 0.221. The van der Waals surface area contributed by atoms with Gasteiger partial charge in [0.15, 0.2) is 0 Å². The highest BCUT2D eigenvalue weighted by Crippen LogP contribution is 1.97. The molecule has 0 aromatic carbocycles. The van der Waals surface area contributed by atoms with E-state index in [2.05, 4.69) is 25.7 Å². The Morgan fingerprint density at radius 1 is 1.67 bits per heavy atom. The predicted molar refractivity (Wildman–Crippen MR) is 49.1 cm³/mol. The van der Waals surface area contributed by atoms with Crippen LogP contribution < -0.4 is 5.32 Å². The first-order valence-electron chi connectivity index (χ1n) is 4.19. The molecule has 0 amide bonds. The summed E-state index contributed by atoms with van der Waals surface area (Å²) >= 11 is 0. The van der Waals surface area contributed by atoms with E-state index in [0.29, 0.717) is 12.5 Å². The summed E-state index contributed by atoms with van der Waals surface area (Å²) in [6, 6.07) is 0. The maximum atomic E-state index is 10.3. The number of carboxylic acid groups (broad SMARTS) is 1. The maximum absolute atomic E-state index is 10.3. The third-order valence-electron chi connectivity index (χ3n) is 1.83. The third-order valence-corrected chi connectivity index (χ3v) is 1.83. The first-order chi connectivity index (χ1) is 5.57. The van der Waals surface area contributed by atoms with Crippen LogP contribution in [0.2, 0.25) is 0 Å². The molecule has 3 nitrogen and oxygen atoms in total. The summed E-state index contributed by atoms with van der Waals surface area (Å²) in [5, 5.41) is 11.5. The lowest BCUT2D eigenvalue weighted by Crippen LogP contribution is -2.25. The summed E-state index contributed by atoms with van der Waals surface area (Å²) in [5.74, 6) is -0.335. The minimum Gasteiger partial charge on any atom is -0.478 e. The summed E-state index contributed by atoms with van der Waals surface area (Å²) in [5.41, 5.74) is 0.221. The SMILES string of the molecule is C=C(CNCC(C)CC)C(=O)O. The number of carboxylic acids is 1. The summed E-state index contributed by atoms with van der Waals surface area (Å²) in [4.78, 5) is 10.3. The van der Waals surface area contributed by atoms with Crippen LogP contribution in [0.25, 0.3) is 0 Å². The van der Waals surface area contributed by atoms with Crippen molar-refractivity contribution in [1.82, 2.24) is 5.32 Å². The van der Waals surface area contributed by atoms with Crippen molar-refractivity contribution in [2.45, 2.75) is 20.3 Å². The molecule has 0 aliphatic rings. The molecule has 12 heavy (non-hydrogen) atoms.